The molecule has 5 heteroatoms. The van der Waals surface area contributed by atoms with Crippen molar-refractivity contribution in [2.24, 2.45) is 0 Å². The van der Waals surface area contributed by atoms with Crippen LogP contribution in [0, 0.1) is 0 Å². The Kier molecular flexibility index (Phi) is 3.55. The molecule has 5 nitrogen and oxygen atoms in total. The normalized spacial score (nSPS) is 21.3. The Morgan fingerprint density at radius 1 is 1.53 bits per heavy atom. The molecule has 86 valence electrons. The summed E-state index contributed by atoms with van der Waals surface area (Å²) in [5.74, 6) is 0. The number of hydrogen-bond acceptors (Lipinski definition) is 3. The molecular formula is C10H18N2O3. The van der Waals surface area contributed by atoms with Gasteiger partial charge in [-0.3, -0.25) is 9.69 Å². The summed E-state index contributed by atoms with van der Waals surface area (Å²) in [6, 6.07) is 0. The van der Waals surface area contributed by atoms with Crippen LogP contribution in [-0.4, -0.2) is 35.7 Å². The summed E-state index contributed by atoms with van der Waals surface area (Å²) in [5.41, 5.74) is -0.495. The van der Waals surface area contributed by atoms with Gasteiger partial charge in [-0.15, -0.1) is 0 Å². The first-order valence-corrected chi connectivity index (χ1v) is 5.13. The van der Waals surface area contributed by atoms with Gasteiger partial charge in [0.05, 0.1) is 0 Å². The molecule has 1 N–H and O–H groups in total. The lowest BCUT2D eigenvalue weighted by atomic mass is 10.2. The highest BCUT2D eigenvalue weighted by atomic mass is 16.6. The summed E-state index contributed by atoms with van der Waals surface area (Å²) in [5, 5.41) is 2.61. The van der Waals surface area contributed by atoms with Crippen molar-refractivity contribution >= 4 is 12.5 Å². The Labute approximate surface area is 89.8 Å². The molecule has 1 heterocycles. The minimum absolute atomic E-state index is 0.211. The molecule has 1 unspecified atom stereocenters. The van der Waals surface area contributed by atoms with Gasteiger partial charge in [0.2, 0.25) is 6.41 Å². The van der Waals surface area contributed by atoms with Crippen LogP contribution >= 0.6 is 0 Å². The lowest BCUT2D eigenvalue weighted by Crippen LogP contribution is -2.46. The molecule has 0 spiro atoms. The van der Waals surface area contributed by atoms with Gasteiger partial charge in [-0.05, 0) is 33.6 Å². The molecule has 0 aromatic heterocycles. The molecule has 1 atom stereocenters. The number of carbonyl (C=O) groups excluding carboxylic acids is 2. The van der Waals surface area contributed by atoms with Crippen molar-refractivity contribution in [1.29, 1.82) is 0 Å². The van der Waals surface area contributed by atoms with Gasteiger partial charge in [0.15, 0.2) is 0 Å². The van der Waals surface area contributed by atoms with E-state index < -0.39 is 5.60 Å². The summed E-state index contributed by atoms with van der Waals surface area (Å²) < 4.78 is 5.23. The van der Waals surface area contributed by atoms with E-state index >= 15 is 0 Å². The van der Waals surface area contributed by atoms with Crippen molar-refractivity contribution in [1.82, 2.24) is 10.2 Å². The van der Waals surface area contributed by atoms with Crippen LogP contribution in [0.2, 0.25) is 0 Å². The predicted octanol–water partition coefficient (Wildman–Crippen LogP) is 1.09. The van der Waals surface area contributed by atoms with E-state index in [1.165, 1.54) is 0 Å². The fraction of sp³-hybridized carbons (Fsp3) is 0.800. The predicted molar refractivity (Wildman–Crippen MR) is 55.2 cm³/mol. The first-order valence-electron chi connectivity index (χ1n) is 5.13. The zero-order valence-electron chi connectivity index (χ0n) is 9.45. The van der Waals surface area contributed by atoms with Crippen LogP contribution in [0.4, 0.5) is 4.79 Å². The third kappa shape index (κ3) is 3.42. The Morgan fingerprint density at radius 3 is 2.73 bits per heavy atom. The second kappa shape index (κ2) is 4.51. The minimum Gasteiger partial charge on any atom is -0.444 e. The smallest absolute Gasteiger partial charge is 0.411 e. The SMILES string of the molecule is CC(C)(C)OC(=O)N1CCCC1NC=O. The van der Waals surface area contributed by atoms with Gasteiger partial charge in [-0.2, -0.15) is 0 Å². The van der Waals surface area contributed by atoms with E-state index in [4.69, 9.17) is 4.74 Å². The van der Waals surface area contributed by atoms with Gasteiger partial charge in [-0.25, -0.2) is 4.79 Å². The number of hydrogen-bond donors (Lipinski definition) is 1. The first kappa shape index (κ1) is 11.8. The van der Waals surface area contributed by atoms with Gasteiger partial charge in [-0.1, -0.05) is 0 Å². The molecular weight excluding hydrogens is 196 g/mol. The van der Waals surface area contributed by atoms with Crippen LogP contribution in [0.1, 0.15) is 33.6 Å². The molecule has 0 aromatic carbocycles. The summed E-state index contributed by atoms with van der Waals surface area (Å²) in [6.45, 7) is 6.11. The van der Waals surface area contributed by atoms with Crippen LogP contribution < -0.4 is 5.32 Å². The van der Waals surface area contributed by atoms with Crippen LogP contribution in [0.3, 0.4) is 0 Å². The summed E-state index contributed by atoms with van der Waals surface area (Å²) in [4.78, 5) is 23.6. The van der Waals surface area contributed by atoms with E-state index in [2.05, 4.69) is 5.32 Å². The maximum Gasteiger partial charge on any atom is 0.411 e. The number of nitrogens with one attached hydrogen (secondary N) is 1. The molecule has 0 aliphatic carbocycles. The quantitative estimate of drug-likeness (QED) is 0.700. The van der Waals surface area contributed by atoms with Gasteiger partial charge >= 0.3 is 6.09 Å². The molecule has 0 radical (unpaired) electrons. The molecule has 0 aromatic rings. The van der Waals surface area contributed by atoms with Crippen LogP contribution in [0.25, 0.3) is 0 Å². The Hall–Kier alpha value is -1.26. The third-order valence-electron chi connectivity index (χ3n) is 2.14. The van der Waals surface area contributed by atoms with Crippen LogP contribution in [0.5, 0.6) is 0 Å². The van der Waals surface area contributed by atoms with Crippen molar-refractivity contribution in [3.05, 3.63) is 0 Å². The van der Waals surface area contributed by atoms with Gasteiger partial charge in [0, 0.05) is 6.54 Å². The maximum absolute atomic E-state index is 11.7. The fourth-order valence-corrected chi connectivity index (χ4v) is 1.56. The molecule has 1 aliphatic heterocycles. The number of carbonyl (C=O) groups is 2. The summed E-state index contributed by atoms with van der Waals surface area (Å²) in [6.07, 6.45) is 1.73. The molecule has 1 saturated heterocycles. The number of ether oxygens (including phenoxy) is 1. The molecule has 0 bridgehead atoms. The van der Waals surface area contributed by atoms with Crippen molar-refractivity contribution in [2.45, 2.75) is 45.4 Å². The average Bonchev–Trinajstić information content (AvgIpc) is 2.49. The number of nitrogens with zero attached hydrogens (tertiary/aromatic N) is 1. The minimum atomic E-state index is -0.495. The maximum atomic E-state index is 11.7. The number of amides is 2. The highest BCUT2D eigenvalue weighted by Gasteiger charge is 2.31. The Morgan fingerprint density at radius 2 is 2.20 bits per heavy atom. The second-order valence-corrected chi connectivity index (χ2v) is 4.62. The average molecular weight is 214 g/mol. The second-order valence-electron chi connectivity index (χ2n) is 4.62. The molecule has 0 saturated carbocycles. The third-order valence-corrected chi connectivity index (χ3v) is 2.14. The summed E-state index contributed by atoms with van der Waals surface area (Å²) in [7, 11) is 0. The van der Waals surface area contributed by atoms with E-state index in [1.54, 1.807) is 4.90 Å². The monoisotopic (exact) mass is 214 g/mol. The molecule has 2 amide bonds. The standard InChI is InChI=1S/C10H18N2O3/c1-10(2,3)15-9(14)12-6-4-5-8(12)11-7-13/h7-8H,4-6H2,1-3H3,(H,11,13). The van der Waals surface area contributed by atoms with Crippen LogP contribution in [-0.2, 0) is 9.53 Å². The topological polar surface area (TPSA) is 58.6 Å². The van der Waals surface area contributed by atoms with E-state index in [1.807, 2.05) is 20.8 Å². The molecule has 1 fully saturated rings. The number of likely N-dealkylation sites (tertiary alicyclic amines) is 1. The van der Waals surface area contributed by atoms with Gasteiger partial charge in [0.25, 0.3) is 0 Å². The number of rotatable bonds is 2. The zero-order valence-corrected chi connectivity index (χ0v) is 9.45. The van der Waals surface area contributed by atoms with E-state index in [0.717, 1.165) is 12.8 Å². The van der Waals surface area contributed by atoms with Crippen LogP contribution in [0.15, 0.2) is 0 Å². The van der Waals surface area contributed by atoms with Crippen molar-refractivity contribution in [3.63, 3.8) is 0 Å². The van der Waals surface area contributed by atoms with Crippen molar-refractivity contribution in [3.8, 4) is 0 Å². The summed E-state index contributed by atoms with van der Waals surface area (Å²) >= 11 is 0. The van der Waals surface area contributed by atoms with Crippen molar-refractivity contribution < 1.29 is 14.3 Å². The highest BCUT2D eigenvalue weighted by Crippen LogP contribution is 2.18. The zero-order chi connectivity index (χ0) is 11.5. The van der Waals surface area contributed by atoms with Gasteiger partial charge in [0.1, 0.15) is 11.8 Å². The largest absolute Gasteiger partial charge is 0.444 e. The lowest BCUT2D eigenvalue weighted by molar-refractivity contribution is -0.110. The highest BCUT2D eigenvalue weighted by molar-refractivity contribution is 5.69. The van der Waals surface area contributed by atoms with E-state index in [-0.39, 0.29) is 12.3 Å². The molecule has 1 rings (SSSR count). The molecule has 15 heavy (non-hydrogen) atoms. The van der Waals surface area contributed by atoms with Crippen molar-refractivity contribution in [2.75, 3.05) is 6.54 Å². The van der Waals surface area contributed by atoms with E-state index in [0.29, 0.717) is 13.0 Å². The molecule has 1 aliphatic rings. The van der Waals surface area contributed by atoms with Gasteiger partial charge < -0.3 is 10.1 Å². The Bertz CT molecular complexity index is 248. The van der Waals surface area contributed by atoms with E-state index in [9.17, 15) is 9.59 Å². The fourth-order valence-electron chi connectivity index (χ4n) is 1.56. The first-order chi connectivity index (χ1) is 6.94. The lowest BCUT2D eigenvalue weighted by Gasteiger charge is -2.28. The Balaban J connectivity index is 2.54.